The van der Waals surface area contributed by atoms with Gasteiger partial charge in [0.2, 0.25) is 0 Å². The topological polar surface area (TPSA) is 111 Å². The Morgan fingerprint density at radius 3 is 1.57 bits per heavy atom. The van der Waals surface area contributed by atoms with Crippen molar-refractivity contribution in [3.63, 3.8) is 0 Å². The number of likely N-dealkylation sites (N-methyl/N-ethyl adjacent to an activating group) is 1. The normalized spacial score (nSPS) is 14.0. The molecule has 0 aliphatic heterocycles. The second-order valence-corrected chi connectivity index (χ2v) is 17.1. The summed E-state index contributed by atoms with van der Waals surface area (Å²) >= 11 is 0. The van der Waals surface area contributed by atoms with Gasteiger partial charge >= 0.3 is 11.9 Å². The Hall–Kier alpha value is -1.77. The van der Waals surface area contributed by atoms with E-state index in [1.165, 1.54) is 77.0 Å². The molecule has 0 fully saturated rings. The third-order valence-electron chi connectivity index (χ3n) is 9.17. The van der Waals surface area contributed by atoms with Crippen LogP contribution in [0.5, 0.6) is 0 Å². The third-order valence-corrected chi connectivity index (χ3v) is 10.1. The zero-order valence-electron chi connectivity index (χ0n) is 35.4. The second-order valence-electron chi connectivity index (χ2n) is 15.7. The number of hydrogen-bond acceptors (Lipinski definition) is 8. The number of carbonyl (C=O) groups is 2. The number of ether oxygens (including phenoxy) is 2. The fraction of sp³-hybridized carbons (Fsp3) is 0.818. The van der Waals surface area contributed by atoms with Gasteiger partial charge in [0.25, 0.3) is 7.82 Å². The number of esters is 2. The first-order valence-electron chi connectivity index (χ1n) is 21.7. The van der Waals surface area contributed by atoms with Crippen LogP contribution in [-0.4, -0.2) is 70.0 Å². The number of unbranched alkanes of at least 4 members (excludes halogenated alkanes) is 19. The average Bonchev–Trinajstić information content (AvgIpc) is 3.12. The van der Waals surface area contributed by atoms with E-state index in [9.17, 15) is 19.0 Å². The third kappa shape index (κ3) is 39.9. The molecule has 0 amide bonds. The maximum Gasteiger partial charge on any atom is 0.306 e. The number of phosphoric acid groups is 1. The number of phosphoric ester groups is 1. The van der Waals surface area contributed by atoms with E-state index in [-0.39, 0.29) is 32.0 Å². The van der Waals surface area contributed by atoms with Crippen molar-refractivity contribution >= 4 is 19.8 Å². The maximum atomic E-state index is 12.7. The lowest BCUT2D eigenvalue weighted by Crippen LogP contribution is -2.37. The van der Waals surface area contributed by atoms with E-state index < -0.39 is 26.5 Å². The van der Waals surface area contributed by atoms with Crippen molar-refractivity contribution in [2.24, 2.45) is 0 Å². The van der Waals surface area contributed by atoms with Crippen LogP contribution in [0.1, 0.15) is 181 Å². The molecule has 0 saturated carbocycles. The van der Waals surface area contributed by atoms with Crippen molar-refractivity contribution in [2.45, 2.75) is 187 Å². The van der Waals surface area contributed by atoms with Crippen molar-refractivity contribution in [1.29, 1.82) is 0 Å². The highest BCUT2D eigenvalue weighted by atomic mass is 31.2. The second kappa shape index (κ2) is 36.8. The minimum atomic E-state index is -4.63. The van der Waals surface area contributed by atoms with E-state index in [2.05, 4.69) is 50.3 Å². The van der Waals surface area contributed by atoms with Crippen molar-refractivity contribution in [3.05, 3.63) is 36.5 Å². The summed E-state index contributed by atoms with van der Waals surface area (Å²) < 4.78 is 33.9. The van der Waals surface area contributed by atoms with Gasteiger partial charge in [-0.1, -0.05) is 159 Å². The van der Waals surface area contributed by atoms with E-state index in [1.807, 2.05) is 21.1 Å². The van der Waals surface area contributed by atoms with Gasteiger partial charge in [-0.25, -0.2) is 0 Å². The number of quaternary nitrogens is 1. The molecule has 9 nitrogen and oxygen atoms in total. The quantitative estimate of drug-likeness (QED) is 0.0199. The van der Waals surface area contributed by atoms with Gasteiger partial charge in [0, 0.05) is 12.8 Å². The first kappa shape index (κ1) is 52.2. The fourth-order valence-electron chi connectivity index (χ4n) is 5.79. The highest BCUT2D eigenvalue weighted by molar-refractivity contribution is 7.45. The Morgan fingerprint density at radius 1 is 0.593 bits per heavy atom. The van der Waals surface area contributed by atoms with Crippen LogP contribution < -0.4 is 4.89 Å². The summed E-state index contributed by atoms with van der Waals surface area (Å²) in [7, 11) is 1.15. The lowest BCUT2D eigenvalue weighted by molar-refractivity contribution is -0.870. The first-order chi connectivity index (χ1) is 26.0. The summed E-state index contributed by atoms with van der Waals surface area (Å²) in [6.45, 7) is 4.10. The number of hydrogen-bond donors (Lipinski definition) is 0. The standard InChI is InChI=1S/C44H82NO8P/c1-6-8-10-12-14-16-18-20-22-24-26-28-30-32-34-36-43(46)50-40-42(41-52-54(48,49)51-39-38-45(3,4)5)53-44(47)37-35-33-31-29-27-25-23-21-19-17-15-13-11-9-7-2/h9,11,15,17,21,23,42H,6-8,10,12-14,16,18-20,22,24-41H2,1-5H3/b11-9-,17-15-,23-21-. The van der Waals surface area contributed by atoms with E-state index in [4.69, 9.17) is 18.5 Å². The van der Waals surface area contributed by atoms with Gasteiger partial charge in [0.1, 0.15) is 19.8 Å². The van der Waals surface area contributed by atoms with E-state index in [1.54, 1.807) is 0 Å². The van der Waals surface area contributed by atoms with Gasteiger partial charge in [-0.15, -0.1) is 0 Å². The molecule has 0 N–H and O–H groups in total. The SMILES string of the molecule is CC/C=C\C/C=C\C/C=C\CCCCCCCC(=O)OC(COC(=O)CCCCCCCCCCCCCCCCC)COP(=O)([O-])OCC[N+](C)(C)C. The molecular formula is C44H82NO8P. The van der Waals surface area contributed by atoms with Crippen LogP contribution in [0.3, 0.4) is 0 Å². The van der Waals surface area contributed by atoms with Crippen LogP contribution in [0, 0.1) is 0 Å². The van der Waals surface area contributed by atoms with E-state index in [0.29, 0.717) is 17.4 Å². The van der Waals surface area contributed by atoms with Crippen LogP contribution in [0.15, 0.2) is 36.5 Å². The van der Waals surface area contributed by atoms with Gasteiger partial charge in [0.05, 0.1) is 27.7 Å². The molecule has 0 aromatic rings. The summed E-state index contributed by atoms with van der Waals surface area (Å²) in [5, 5.41) is 0. The van der Waals surface area contributed by atoms with Gasteiger partial charge in [0.15, 0.2) is 6.10 Å². The van der Waals surface area contributed by atoms with Crippen molar-refractivity contribution in [1.82, 2.24) is 0 Å². The minimum absolute atomic E-state index is 0.0339. The van der Waals surface area contributed by atoms with Crippen LogP contribution in [-0.2, 0) is 32.7 Å². The Labute approximate surface area is 331 Å². The van der Waals surface area contributed by atoms with Crippen LogP contribution in [0.4, 0.5) is 0 Å². The Kier molecular flexibility index (Phi) is 35.6. The molecule has 2 atom stereocenters. The smallest absolute Gasteiger partial charge is 0.306 e. The monoisotopic (exact) mass is 784 g/mol. The fourth-order valence-corrected chi connectivity index (χ4v) is 6.51. The summed E-state index contributed by atoms with van der Waals surface area (Å²) in [5.41, 5.74) is 0. The molecule has 0 aromatic heterocycles. The molecule has 0 heterocycles. The number of carbonyl (C=O) groups excluding carboxylic acids is 2. The summed E-state index contributed by atoms with van der Waals surface area (Å²) in [6.07, 6.45) is 40.2. The number of rotatable bonds is 39. The molecule has 0 radical (unpaired) electrons. The minimum Gasteiger partial charge on any atom is -0.756 e. The molecule has 0 aromatic carbocycles. The van der Waals surface area contributed by atoms with Crippen LogP contribution >= 0.6 is 7.82 Å². The highest BCUT2D eigenvalue weighted by Gasteiger charge is 2.21. The van der Waals surface area contributed by atoms with Gasteiger partial charge in [-0.2, -0.15) is 0 Å². The van der Waals surface area contributed by atoms with Crippen molar-refractivity contribution in [2.75, 3.05) is 47.5 Å². The first-order valence-corrected chi connectivity index (χ1v) is 23.2. The largest absolute Gasteiger partial charge is 0.756 e. The summed E-state index contributed by atoms with van der Waals surface area (Å²) in [6, 6.07) is 0. The molecule has 2 unspecified atom stereocenters. The molecule has 10 heteroatoms. The molecule has 0 spiro atoms. The van der Waals surface area contributed by atoms with Gasteiger partial charge in [-0.05, 0) is 44.9 Å². The molecule has 0 bridgehead atoms. The Bertz CT molecular complexity index is 1020. The molecule has 0 aliphatic carbocycles. The highest BCUT2D eigenvalue weighted by Crippen LogP contribution is 2.38. The zero-order valence-corrected chi connectivity index (χ0v) is 36.3. The van der Waals surface area contributed by atoms with Crippen LogP contribution in [0.2, 0.25) is 0 Å². The lowest BCUT2D eigenvalue weighted by atomic mass is 10.0. The molecule has 0 aliphatic rings. The summed E-state index contributed by atoms with van der Waals surface area (Å²) in [5.74, 6) is -0.851. The maximum absolute atomic E-state index is 12.7. The Morgan fingerprint density at radius 2 is 1.06 bits per heavy atom. The summed E-state index contributed by atoms with van der Waals surface area (Å²) in [4.78, 5) is 37.5. The predicted octanol–water partition coefficient (Wildman–Crippen LogP) is 11.5. The van der Waals surface area contributed by atoms with Gasteiger partial charge in [-0.3, -0.25) is 14.2 Å². The van der Waals surface area contributed by atoms with E-state index in [0.717, 1.165) is 70.6 Å². The van der Waals surface area contributed by atoms with Crippen molar-refractivity contribution in [3.8, 4) is 0 Å². The Balaban J connectivity index is 4.38. The van der Waals surface area contributed by atoms with Crippen LogP contribution in [0.25, 0.3) is 0 Å². The zero-order chi connectivity index (χ0) is 40.0. The molecule has 0 rings (SSSR count). The van der Waals surface area contributed by atoms with Crippen molar-refractivity contribution < 1.29 is 42.1 Å². The lowest BCUT2D eigenvalue weighted by Gasteiger charge is -2.28. The molecular weight excluding hydrogens is 701 g/mol. The number of allylic oxidation sites excluding steroid dienone is 6. The average molecular weight is 784 g/mol. The molecule has 54 heavy (non-hydrogen) atoms. The predicted molar refractivity (Wildman–Crippen MR) is 222 cm³/mol. The van der Waals surface area contributed by atoms with Gasteiger partial charge < -0.3 is 27.9 Å². The molecule has 316 valence electrons. The number of nitrogens with zero attached hydrogens (tertiary/aromatic N) is 1. The van der Waals surface area contributed by atoms with E-state index >= 15 is 0 Å². The molecule has 0 saturated heterocycles.